The molecule has 0 aliphatic carbocycles. The molecule has 5 heteroatoms. The van der Waals surface area contributed by atoms with Crippen LogP contribution in [0.25, 0.3) is 0 Å². The number of nitrogens with zero attached hydrogens (tertiary/aromatic N) is 2. The standard InChI is InChI=1S/C16H20BrN3O/c1-20-9-7-13(19-20)6-8-18-15-3-2-10-21-16-11-12(17)4-5-14(15)16/h4-5,7,9,11,15,18H,2-3,6,8,10H2,1H3. The van der Waals surface area contributed by atoms with Crippen molar-refractivity contribution in [1.29, 1.82) is 0 Å². The zero-order valence-corrected chi connectivity index (χ0v) is 13.8. The molecular formula is C16H20BrN3O. The lowest BCUT2D eigenvalue weighted by Gasteiger charge is -2.18. The molecule has 1 N–H and O–H groups in total. The van der Waals surface area contributed by atoms with Crippen LogP contribution in [-0.2, 0) is 13.5 Å². The van der Waals surface area contributed by atoms with Crippen molar-refractivity contribution >= 4 is 15.9 Å². The van der Waals surface area contributed by atoms with Gasteiger partial charge in [-0.1, -0.05) is 22.0 Å². The number of aryl methyl sites for hydroxylation is 1. The summed E-state index contributed by atoms with van der Waals surface area (Å²) >= 11 is 3.51. The van der Waals surface area contributed by atoms with Gasteiger partial charge in [0, 0.05) is 42.3 Å². The SMILES string of the molecule is Cn1ccc(CCNC2CCCOc3cc(Br)ccc32)n1. The van der Waals surface area contributed by atoms with E-state index in [1.54, 1.807) is 0 Å². The molecule has 0 amide bonds. The Balaban J connectivity index is 1.65. The predicted octanol–water partition coefficient (Wildman–Crippen LogP) is 3.23. The van der Waals surface area contributed by atoms with Gasteiger partial charge in [-0.15, -0.1) is 0 Å². The molecule has 2 heterocycles. The van der Waals surface area contributed by atoms with Gasteiger partial charge in [-0.05, 0) is 31.0 Å². The maximum absolute atomic E-state index is 5.84. The fourth-order valence-corrected chi connectivity index (χ4v) is 3.07. The van der Waals surface area contributed by atoms with E-state index in [4.69, 9.17) is 4.74 Å². The van der Waals surface area contributed by atoms with Gasteiger partial charge in [-0.25, -0.2) is 0 Å². The van der Waals surface area contributed by atoms with Crippen molar-refractivity contribution < 1.29 is 4.74 Å². The number of nitrogens with one attached hydrogen (secondary N) is 1. The molecule has 0 radical (unpaired) electrons. The molecule has 4 nitrogen and oxygen atoms in total. The van der Waals surface area contributed by atoms with Gasteiger partial charge in [0.1, 0.15) is 5.75 Å². The minimum absolute atomic E-state index is 0.360. The third-order valence-corrected chi connectivity index (χ3v) is 4.28. The van der Waals surface area contributed by atoms with E-state index in [1.165, 1.54) is 5.56 Å². The first-order valence-corrected chi connectivity index (χ1v) is 8.16. The highest BCUT2D eigenvalue weighted by molar-refractivity contribution is 9.10. The number of fused-ring (bicyclic) bond motifs is 1. The van der Waals surface area contributed by atoms with E-state index >= 15 is 0 Å². The molecule has 0 saturated carbocycles. The van der Waals surface area contributed by atoms with E-state index in [2.05, 4.69) is 50.6 Å². The summed E-state index contributed by atoms with van der Waals surface area (Å²) in [4.78, 5) is 0. The third-order valence-electron chi connectivity index (χ3n) is 3.79. The van der Waals surface area contributed by atoms with Crippen LogP contribution in [0.4, 0.5) is 0 Å². The third kappa shape index (κ3) is 3.66. The number of ether oxygens (including phenoxy) is 1. The highest BCUT2D eigenvalue weighted by Gasteiger charge is 2.19. The molecule has 1 aliphatic rings. The van der Waals surface area contributed by atoms with Crippen molar-refractivity contribution in [2.24, 2.45) is 7.05 Å². The van der Waals surface area contributed by atoms with Crippen LogP contribution in [-0.4, -0.2) is 22.9 Å². The number of rotatable bonds is 4. The van der Waals surface area contributed by atoms with Crippen LogP contribution in [0.15, 0.2) is 34.9 Å². The second-order valence-corrected chi connectivity index (χ2v) is 6.33. The number of benzene rings is 1. The highest BCUT2D eigenvalue weighted by Crippen LogP contribution is 2.33. The molecule has 1 aliphatic heterocycles. The van der Waals surface area contributed by atoms with E-state index < -0.39 is 0 Å². The second-order valence-electron chi connectivity index (χ2n) is 5.41. The number of halogens is 1. The lowest BCUT2D eigenvalue weighted by Crippen LogP contribution is -2.23. The smallest absolute Gasteiger partial charge is 0.125 e. The molecule has 1 aromatic carbocycles. The van der Waals surface area contributed by atoms with Crippen LogP contribution in [0.3, 0.4) is 0 Å². The van der Waals surface area contributed by atoms with Gasteiger partial charge in [0.2, 0.25) is 0 Å². The van der Waals surface area contributed by atoms with E-state index in [9.17, 15) is 0 Å². The predicted molar refractivity (Wildman–Crippen MR) is 86.5 cm³/mol. The number of aromatic nitrogens is 2. The van der Waals surface area contributed by atoms with Crippen LogP contribution in [0.2, 0.25) is 0 Å². The molecule has 1 aromatic heterocycles. The fraction of sp³-hybridized carbons (Fsp3) is 0.438. The molecule has 0 fully saturated rings. The molecule has 112 valence electrons. The molecule has 2 aromatic rings. The maximum Gasteiger partial charge on any atom is 0.125 e. The minimum atomic E-state index is 0.360. The Kier molecular flexibility index (Phi) is 4.60. The summed E-state index contributed by atoms with van der Waals surface area (Å²) in [5, 5.41) is 8.06. The van der Waals surface area contributed by atoms with Crippen molar-refractivity contribution in [3.8, 4) is 5.75 Å². The Labute approximate surface area is 133 Å². The van der Waals surface area contributed by atoms with Gasteiger partial charge >= 0.3 is 0 Å². The summed E-state index contributed by atoms with van der Waals surface area (Å²) in [6, 6.07) is 8.74. The van der Waals surface area contributed by atoms with Gasteiger partial charge < -0.3 is 10.1 Å². The Hall–Kier alpha value is -1.33. The van der Waals surface area contributed by atoms with Gasteiger partial charge in [-0.2, -0.15) is 5.10 Å². The molecule has 0 saturated heterocycles. The maximum atomic E-state index is 5.84. The van der Waals surface area contributed by atoms with Gasteiger partial charge in [0.15, 0.2) is 0 Å². The molecule has 1 atom stereocenters. The second kappa shape index (κ2) is 6.62. The van der Waals surface area contributed by atoms with Crippen LogP contribution < -0.4 is 10.1 Å². The quantitative estimate of drug-likeness (QED) is 0.920. The fourth-order valence-electron chi connectivity index (χ4n) is 2.73. The van der Waals surface area contributed by atoms with Crippen molar-refractivity contribution in [1.82, 2.24) is 15.1 Å². The highest BCUT2D eigenvalue weighted by atomic mass is 79.9. The first kappa shape index (κ1) is 14.6. The average molecular weight is 350 g/mol. The summed E-state index contributed by atoms with van der Waals surface area (Å²) in [5.41, 5.74) is 2.39. The largest absolute Gasteiger partial charge is 0.493 e. The Morgan fingerprint density at radius 2 is 2.33 bits per heavy atom. The van der Waals surface area contributed by atoms with Crippen molar-refractivity contribution in [3.63, 3.8) is 0 Å². The first-order chi connectivity index (χ1) is 10.2. The van der Waals surface area contributed by atoms with E-state index in [-0.39, 0.29) is 0 Å². The van der Waals surface area contributed by atoms with E-state index in [1.807, 2.05) is 17.9 Å². The van der Waals surface area contributed by atoms with Crippen molar-refractivity contribution in [2.45, 2.75) is 25.3 Å². The normalized spacial score (nSPS) is 17.9. The van der Waals surface area contributed by atoms with E-state index in [0.717, 1.165) is 48.3 Å². The summed E-state index contributed by atoms with van der Waals surface area (Å²) in [6.45, 7) is 1.72. The van der Waals surface area contributed by atoms with Gasteiger partial charge in [0.25, 0.3) is 0 Å². The van der Waals surface area contributed by atoms with Gasteiger partial charge in [0.05, 0.1) is 12.3 Å². The molecule has 0 bridgehead atoms. The summed E-state index contributed by atoms with van der Waals surface area (Å²) in [7, 11) is 1.95. The average Bonchev–Trinajstić information content (AvgIpc) is 2.77. The molecular weight excluding hydrogens is 330 g/mol. The zero-order chi connectivity index (χ0) is 14.7. The lowest BCUT2D eigenvalue weighted by molar-refractivity contribution is 0.315. The minimum Gasteiger partial charge on any atom is -0.493 e. The van der Waals surface area contributed by atoms with Crippen molar-refractivity contribution in [3.05, 3.63) is 46.2 Å². The number of hydrogen-bond donors (Lipinski definition) is 1. The van der Waals surface area contributed by atoms with Crippen LogP contribution >= 0.6 is 15.9 Å². The summed E-state index contributed by atoms with van der Waals surface area (Å²) in [6.07, 6.45) is 5.12. The van der Waals surface area contributed by atoms with E-state index in [0.29, 0.717) is 6.04 Å². The van der Waals surface area contributed by atoms with Crippen LogP contribution in [0.1, 0.15) is 30.1 Å². The summed E-state index contributed by atoms with van der Waals surface area (Å²) < 4.78 is 8.76. The topological polar surface area (TPSA) is 39.1 Å². The first-order valence-electron chi connectivity index (χ1n) is 7.36. The lowest BCUT2D eigenvalue weighted by atomic mass is 10.0. The molecule has 21 heavy (non-hydrogen) atoms. The Bertz CT molecular complexity index is 611. The summed E-state index contributed by atoms with van der Waals surface area (Å²) in [5.74, 6) is 0.997. The Morgan fingerprint density at radius 3 is 3.14 bits per heavy atom. The van der Waals surface area contributed by atoms with Crippen LogP contribution in [0.5, 0.6) is 5.75 Å². The monoisotopic (exact) mass is 349 g/mol. The van der Waals surface area contributed by atoms with Crippen LogP contribution in [0, 0.1) is 0 Å². The Morgan fingerprint density at radius 1 is 1.43 bits per heavy atom. The number of hydrogen-bond acceptors (Lipinski definition) is 3. The molecule has 1 unspecified atom stereocenters. The van der Waals surface area contributed by atoms with Gasteiger partial charge in [-0.3, -0.25) is 4.68 Å². The molecule has 3 rings (SSSR count). The molecule has 0 spiro atoms. The van der Waals surface area contributed by atoms with Crippen molar-refractivity contribution in [2.75, 3.05) is 13.2 Å². The zero-order valence-electron chi connectivity index (χ0n) is 12.2.